The first-order valence-electron chi connectivity index (χ1n) is 6.90. The second-order valence-corrected chi connectivity index (χ2v) is 6.15. The van der Waals surface area contributed by atoms with E-state index in [1.807, 2.05) is 20.8 Å². The number of rotatable bonds is 3. The summed E-state index contributed by atoms with van der Waals surface area (Å²) in [5, 5.41) is 2.78. The van der Waals surface area contributed by atoms with Crippen LogP contribution in [0.2, 0.25) is 0 Å². The molecule has 0 aromatic heterocycles. The van der Waals surface area contributed by atoms with E-state index in [2.05, 4.69) is 5.32 Å². The maximum absolute atomic E-state index is 12.1. The third-order valence-corrected chi connectivity index (χ3v) is 3.40. The molecule has 0 bridgehead atoms. The molecule has 1 fully saturated rings. The van der Waals surface area contributed by atoms with Crippen molar-refractivity contribution >= 4 is 23.4 Å². The van der Waals surface area contributed by atoms with Gasteiger partial charge >= 0.3 is 6.09 Å². The molecule has 6 heteroatoms. The Hall–Kier alpha value is -2.08. The third-order valence-electron chi connectivity index (χ3n) is 3.40. The highest BCUT2D eigenvalue weighted by atomic mass is 16.6. The van der Waals surface area contributed by atoms with Gasteiger partial charge < -0.3 is 15.8 Å². The van der Waals surface area contributed by atoms with E-state index in [1.54, 1.807) is 24.3 Å². The Morgan fingerprint density at radius 1 is 1.43 bits per heavy atom. The van der Waals surface area contributed by atoms with Gasteiger partial charge in [0, 0.05) is 11.4 Å². The fraction of sp³-hybridized carbons (Fsp3) is 0.467. The smallest absolute Gasteiger partial charge is 0.414 e. The van der Waals surface area contributed by atoms with Crippen LogP contribution in [0.25, 0.3) is 0 Å². The molecule has 0 saturated carbocycles. The minimum Gasteiger partial charge on any atom is -0.447 e. The molecule has 0 unspecified atom stereocenters. The van der Waals surface area contributed by atoms with Gasteiger partial charge in [-0.05, 0) is 23.6 Å². The summed E-state index contributed by atoms with van der Waals surface area (Å²) in [6.45, 7) is 6.62. The van der Waals surface area contributed by atoms with Gasteiger partial charge in [-0.2, -0.15) is 0 Å². The van der Waals surface area contributed by atoms with E-state index in [0.717, 1.165) is 0 Å². The van der Waals surface area contributed by atoms with Crippen LogP contribution in [-0.4, -0.2) is 31.2 Å². The SMILES string of the molecule is CC(C)(C)[C@H](N)C(=O)Nc1cccc(N2CCOC2=O)c1. The Kier molecular flexibility index (Phi) is 4.18. The van der Waals surface area contributed by atoms with Gasteiger partial charge in [0.15, 0.2) is 0 Å². The van der Waals surface area contributed by atoms with E-state index in [4.69, 9.17) is 10.5 Å². The standard InChI is InChI=1S/C15H21N3O3/c1-15(2,3)12(16)13(19)17-10-5-4-6-11(9-10)18-7-8-21-14(18)20/h4-6,9,12H,7-8,16H2,1-3H3,(H,17,19)/t12-/m1/s1. The van der Waals surface area contributed by atoms with Crippen molar-refractivity contribution in [1.82, 2.24) is 0 Å². The van der Waals surface area contributed by atoms with Crippen LogP contribution in [0.5, 0.6) is 0 Å². The number of ether oxygens (including phenoxy) is 1. The number of benzene rings is 1. The fourth-order valence-corrected chi connectivity index (χ4v) is 1.99. The molecular formula is C15H21N3O3. The van der Waals surface area contributed by atoms with Gasteiger partial charge in [-0.25, -0.2) is 4.79 Å². The second-order valence-electron chi connectivity index (χ2n) is 6.15. The lowest BCUT2D eigenvalue weighted by atomic mass is 9.87. The largest absolute Gasteiger partial charge is 0.447 e. The lowest BCUT2D eigenvalue weighted by molar-refractivity contribution is -0.119. The van der Waals surface area contributed by atoms with Crippen molar-refractivity contribution in [2.45, 2.75) is 26.8 Å². The highest BCUT2D eigenvalue weighted by Gasteiger charge is 2.28. The molecule has 114 valence electrons. The van der Waals surface area contributed by atoms with Crippen LogP contribution in [0.3, 0.4) is 0 Å². The summed E-state index contributed by atoms with van der Waals surface area (Å²) < 4.78 is 4.90. The number of nitrogens with one attached hydrogen (secondary N) is 1. The molecule has 2 rings (SSSR count). The number of cyclic esters (lactones) is 1. The first-order valence-corrected chi connectivity index (χ1v) is 6.90. The van der Waals surface area contributed by atoms with E-state index in [9.17, 15) is 9.59 Å². The van der Waals surface area contributed by atoms with Gasteiger partial charge in [-0.1, -0.05) is 26.8 Å². The molecule has 0 spiro atoms. The van der Waals surface area contributed by atoms with Crippen LogP contribution < -0.4 is 16.0 Å². The monoisotopic (exact) mass is 291 g/mol. The highest BCUT2D eigenvalue weighted by Crippen LogP contribution is 2.24. The summed E-state index contributed by atoms with van der Waals surface area (Å²) >= 11 is 0. The molecule has 0 radical (unpaired) electrons. The summed E-state index contributed by atoms with van der Waals surface area (Å²) in [4.78, 5) is 25.2. The molecule has 3 N–H and O–H groups in total. The molecule has 1 aliphatic heterocycles. The Morgan fingerprint density at radius 2 is 2.14 bits per heavy atom. The molecule has 21 heavy (non-hydrogen) atoms. The van der Waals surface area contributed by atoms with Crippen LogP contribution in [0.1, 0.15) is 20.8 Å². The minimum atomic E-state index is -0.613. The van der Waals surface area contributed by atoms with Crippen molar-refractivity contribution < 1.29 is 14.3 Å². The molecule has 1 aromatic rings. The molecule has 2 amide bonds. The molecule has 1 aliphatic rings. The summed E-state index contributed by atoms with van der Waals surface area (Å²) in [7, 11) is 0. The van der Waals surface area contributed by atoms with Crippen LogP contribution in [0, 0.1) is 5.41 Å². The van der Waals surface area contributed by atoms with Gasteiger partial charge in [0.1, 0.15) is 6.61 Å². The number of nitrogens with zero attached hydrogens (tertiary/aromatic N) is 1. The number of hydrogen-bond donors (Lipinski definition) is 2. The average Bonchev–Trinajstić information content (AvgIpc) is 2.83. The van der Waals surface area contributed by atoms with Crippen molar-refractivity contribution in [1.29, 1.82) is 0 Å². The molecular weight excluding hydrogens is 270 g/mol. The molecule has 1 saturated heterocycles. The first-order chi connectivity index (χ1) is 9.79. The summed E-state index contributed by atoms with van der Waals surface area (Å²) in [5.74, 6) is -0.247. The lowest BCUT2D eigenvalue weighted by Gasteiger charge is -2.26. The predicted molar refractivity (Wildman–Crippen MR) is 81.2 cm³/mol. The zero-order valence-corrected chi connectivity index (χ0v) is 12.6. The predicted octanol–water partition coefficient (Wildman–Crippen LogP) is 1.96. The summed E-state index contributed by atoms with van der Waals surface area (Å²) in [5.41, 5.74) is 6.91. The molecule has 6 nitrogen and oxygen atoms in total. The Balaban J connectivity index is 2.11. The maximum Gasteiger partial charge on any atom is 0.414 e. The van der Waals surface area contributed by atoms with Crippen LogP contribution in [0.4, 0.5) is 16.2 Å². The Morgan fingerprint density at radius 3 is 2.71 bits per heavy atom. The maximum atomic E-state index is 12.1. The number of carbonyl (C=O) groups is 2. The minimum absolute atomic E-state index is 0.247. The van der Waals surface area contributed by atoms with Crippen LogP contribution in [0.15, 0.2) is 24.3 Å². The quantitative estimate of drug-likeness (QED) is 0.891. The average molecular weight is 291 g/mol. The Bertz CT molecular complexity index is 551. The van der Waals surface area contributed by atoms with Crippen molar-refractivity contribution in [3.63, 3.8) is 0 Å². The van der Waals surface area contributed by atoms with E-state index >= 15 is 0 Å². The molecule has 1 heterocycles. The van der Waals surface area contributed by atoms with Crippen molar-refractivity contribution in [2.75, 3.05) is 23.4 Å². The molecule has 1 aromatic carbocycles. The number of hydrogen-bond acceptors (Lipinski definition) is 4. The van der Waals surface area contributed by atoms with Crippen molar-refractivity contribution in [3.8, 4) is 0 Å². The number of carbonyl (C=O) groups excluding carboxylic acids is 2. The van der Waals surface area contributed by atoms with Crippen molar-refractivity contribution in [2.24, 2.45) is 11.1 Å². The van der Waals surface area contributed by atoms with Gasteiger partial charge in [0.2, 0.25) is 5.91 Å². The van der Waals surface area contributed by atoms with E-state index in [0.29, 0.717) is 24.5 Å². The summed E-state index contributed by atoms with van der Waals surface area (Å²) in [6, 6.07) is 6.46. The van der Waals surface area contributed by atoms with Crippen LogP contribution in [-0.2, 0) is 9.53 Å². The van der Waals surface area contributed by atoms with Crippen LogP contribution >= 0.6 is 0 Å². The molecule has 1 atom stereocenters. The third kappa shape index (κ3) is 3.52. The van der Waals surface area contributed by atoms with E-state index in [1.165, 1.54) is 4.90 Å². The van der Waals surface area contributed by atoms with Gasteiger partial charge in [-0.15, -0.1) is 0 Å². The Labute approximate surface area is 124 Å². The lowest BCUT2D eigenvalue weighted by Crippen LogP contribution is -2.45. The number of nitrogens with two attached hydrogens (primary N) is 1. The van der Waals surface area contributed by atoms with Gasteiger partial charge in [0.05, 0.1) is 12.6 Å². The van der Waals surface area contributed by atoms with Gasteiger partial charge in [0.25, 0.3) is 0 Å². The second kappa shape index (κ2) is 5.73. The topological polar surface area (TPSA) is 84.7 Å². The van der Waals surface area contributed by atoms with E-state index in [-0.39, 0.29) is 17.4 Å². The highest BCUT2D eigenvalue weighted by molar-refractivity contribution is 5.96. The van der Waals surface area contributed by atoms with Crippen molar-refractivity contribution in [3.05, 3.63) is 24.3 Å². The fourth-order valence-electron chi connectivity index (χ4n) is 1.99. The zero-order chi connectivity index (χ0) is 15.6. The van der Waals surface area contributed by atoms with E-state index < -0.39 is 6.04 Å². The van der Waals surface area contributed by atoms with Gasteiger partial charge in [-0.3, -0.25) is 9.69 Å². The summed E-state index contributed by atoms with van der Waals surface area (Å²) in [6.07, 6.45) is -0.370. The zero-order valence-electron chi connectivity index (χ0n) is 12.6. The normalized spacial score (nSPS) is 16.6. The molecule has 0 aliphatic carbocycles. The number of amides is 2. The first kappa shape index (κ1) is 15.3. The number of anilines is 2.